The second-order valence-corrected chi connectivity index (χ2v) is 7.57. The van der Waals surface area contributed by atoms with Gasteiger partial charge in [0.1, 0.15) is 0 Å². The zero-order chi connectivity index (χ0) is 19.8. The van der Waals surface area contributed by atoms with Gasteiger partial charge >= 0.3 is 5.97 Å². The molecule has 1 saturated heterocycles. The maximum Gasteiger partial charge on any atom is 0.317 e. The third-order valence-electron chi connectivity index (χ3n) is 5.32. The number of hydrogen-bond donors (Lipinski definition) is 1. The number of nitrogens with zero attached hydrogens (tertiary/aromatic N) is 3. The molecule has 6 nitrogen and oxygen atoms in total. The van der Waals surface area contributed by atoms with Gasteiger partial charge in [0, 0.05) is 31.7 Å². The molecule has 1 aromatic carbocycles. The Bertz CT molecular complexity index is 598. The maximum absolute atomic E-state index is 12.9. The Morgan fingerprint density at radius 3 is 2.33 bits per heavy atom. The molecule has 0 unspecified atom stereocenters. The van der Waals surface area contributed by atoms with Crippen LogP contribution in [0.3, 0.4) is 0 Å². The lowest BCUT2D eigenvalue weighted by atomic mass is 10.0. The average Bonchev–Trinajstić information content (AvgIpc) is 2.65. The van der Waals surface area contributed by atoms with E-state index in [1.807, 2.05) is 34.9 Å². The number of carboxylic acid groups (broad SMARTS) is 1. The molecule has 1 aliphatic rings. The highest BCUT2D eigenvalue weighted by atomic mass is 16.4. The van der Waals surface area contributed by atoms with Gasteiger partial charge in [0.05, 0.1) is 13.1 Å². The van der Waals surface area contributed by atoms with Gasteiger partial charge in [-0.2, -0.15) is 0 Å². The molecule has 1 aromatic rings. The van der Waals surface area contributed by atoms with E-state index in [0.29, 0.717) is 19.1 Å². The minimum absolute atomic E-state index is 0.0955. The number of carbonyl (C=O) groups excluding carboxylic acids is 1. The fraction of sp³-hybridized carbons (Fsp3) is 0.619. The molecule has 0 radical (unpaired) electrons. The van der Waals surface area contributed by atoms with Crippen molar-refractivity contribution in [1.29, 1.82) is 0 Å². The molecule has 1 N–H and O–H groups in total. The quantitative estimate of drug-likeness (QED) is 0.717. The number of carboxylic acids is 1. The number of hydrogen-bond acceptors (Lipinski definition) is 4. The van der Waals surface area contributed by atoms with Crippen LogP contribution in [0.5, 0.6) is 0 Å². The first-order valence-electron chi connectivity index (χ1n) is 9.92. The molecule has 0 spiro atoms. The first kappa shape index (κ1) is 21.4. The van der Waals surface area contributed by atoms with Crippen molar-refractivity contribution >= 4 is 11.9 Å². The topological polar surface area (TPSA) is 64.1 Å². The lowest BCUT2D eigenvalue weighted by Crippen LogP contribution is -2.49. The van der Waals surface area contributed by atoms with Gasteiger partial charge in [-0.3, -0.25) is 19.4 Å². The number of rotatable bonds is 9. The molecule has 2 rings (SSSR count). The lowest BCUT2D eigenvalue weighted by molar-refractivity contribution is -0.139. The normalized spacial score (nSPS) is 16.0. The molecule has 0 bridgehead atoms. The Morgan fingerprint density at radius 1 is 1.19 bits per heavy atom. The molecule has 27 heavy (non-hydrogen) atoms. The average molecular weight is 376 g/mol. The minimum atomic E-state index is -0.775. The van der Waals surface area contributed by atoms with Crippen LogP contribution in [0, 0.1) is 0 Å². The van der Waals surface area contributed by atoms with Crippen LogP contribution in [0.4, 0.5) is 0 Å². The van der Waals surface area contributed by atoms with Gasteiger partial charge in [-0.05, 0) is 38.8 Å². The highest BCUT2D eigenvalue weighted by Crippen LogP contribution is 2.17. The van der Waals surface area contributed by atoms with Crippen molar-refractivity contribution in [2.24, 2.45) is 0 Å². The van der Waals surface area contributed by atoms with Crippen molar-refractivity contribution in [2.45, 2.75) is 52.2 Å². The van der Waals surface area contributed by atoms with Crippen molar-refractivity contribution in [1.82, 2.24) is 14.7 Å². The summed E-state index contributed by atoms with van der Waals surface area (Å²) in [5, 5.41) is 9.05. The highest BCUT2D eigenvalue weighted by Gasteiger charge is 2.27. The summed E-state index contributed by atoms with van der Waals surface area (Å²) in [7, 11) is 0. The van der Waals surface area contributed by atoms with Crippen LogP contribution in [0.2, 0.25) is 0 Å². The van der Waals surface area contributed by atoms with Crippen molar-refractivity contribution in [3.63, 3.8) is 0 Å². The third-order valence-corrected chi connectivity index (χ3v) is 5.32. The van der Waals surface area contributed by atoms with Gasteiger partial charge in [-0.15, -0.1) is 0 Å². The molecular formula is C21H33N3O3. The van der Waals surface area contributed by atoms with Crippen molar-refractivity contribution in [3.05, 3.63) is 35.9 Å². The zero-order valence-corrected chi connectivity index (χ0v) is 16.8. The number of carbonyl (C=O) groups is 2. The van der Waals surface area contributed by atoms with Gasteiger partial charge < -0.3 is 10.0 Å². The van der Waals surface area contributed by atoms with E-state index in [1.165, 1.54) is 0 Å². The number of amides is 1. The van der Waals surface area contributed by atoms with Crippen LogP contribution in [0.15, 0.2) is 30.3 Å². The molecular weight excluding hydrogens is 342 g/mol. The molecule has 6 heteroatoms. The fourth-order valence-electron chi connectivity index (χ4n) is 3.74. The Kier molecular flexibility index (Phi) is 8.25. The van der Waals surface area contributed by atoms with Gasteiger partial charge in [0.2, 0.25) is 5.91 Å². The second-order valence-electron chi connectivity index (χ2n) is 7.57. The first-order chi connectivity index (χ1) is 12.9. The van der Waals surface area contributed by atoms with E-state index in [9.17, 15) is 9.59 Å². The van der Waals surface area contributed by atoms with Crippen LogP contribution < -0.4 is 0 Å². The predicted molar refractivity (Wildman–Crippen MR) is 106 cm³/mol. The summed E-state index contributed by atoms with van der Waals surface area (Å²) < 4.78 is 0. The van der Waals surface area contributed by atoms with E-state index in [-0.39, 0.29) is 18.5 Å². The first-order valence-corrected chi connectivity index (χ1v) is 9.92. The minimum Gasteiger partial charge on any atom is -0.480 e. The molecule has 0 atom stereocenters. The standard InChI is InChI=1S/C21H33N3O3/c1-4-23(16-21(26)27)19-10-12-22(13-11-19)15-20(25)24(17(2)3)14-18-8-6-5-7-9-18/h5-9,17,19H,4,10-16H2,1-3H3,(H,26,27). The molecule has 1 amide bonds. The van der Waals surface area contributed by atoms with E-state index >= 15 is 0 Å². The Labute approximate surface area is 162 Å². The summed E-state index contributed by atoms with van der Waals surface area (Å²) in [6.07, 6.45) is 1.82. The molecule has 1 fully saturated rings. The summed E-state index contributed by atoms with van der Waals surface area (Å²) in [4.78, 5) is 30.0. The molecule has 1 aliphatic heterocycles. The Balaban J connectivity index is 1.87. The SMILES string of the molecule is CCN(CC(=O)O)C1CCN(CC(=O)N(Cc2ccccc2)C(C)C)CC1. The highest BCUT2D eigenvalue weighted by molar-refractivity contribution is 5.78. The second kappa shape index (κ2) is 10.4. The van der Waals surface area contributed by atoms with Crippen molar-refractivity contribution in [2.75, 3.05) is 32.7 Å². The van der Waals surface area contributed by atoms with Crippen molar-refractivity contribution in [3.8, 4) is 0 Å². The van der Waals surface area contributed by atoms with E-state index in [2.05, 4.69) is 30.9 Å². The van der Waals surface area contributed by atoms with Crippen LogP contribution in [-0.4, -0.2) is 76.5 Å². The van der Waals surface area contributed by atoms with Crippen LogP contribution in [0.25, 0.3) is 0 Å². The maximum atomic E-state index is 12.9. The Morgan fingerprint density at radius 2 is 1.81 bits per heavy atom. The van der Waals surface area contributed by atoms with E-state index in [4.69, 9.17) is 5.11 Å². The van der Waals surface area contributed by atoms with Crippen LogP contribution in [-0.2, 0) is 16.1 Å². The van der Waals surface area contributed by atoms with Gasteiger partial charge in [0.25, 0.3) is 0 Å². The summed E-state index contributed by atoms with van der Waals surface area (Å²) in [5.74, 6) is -0.617. The number of piperidine rings is 1. The van der Waals surface area contributed by atoms with Crippen LogP contribution in [0.1, 0.15) is 39.2 Å². The van der Waals surface area contributed by atoms with E-state index < -0.39 is 5.97 Å². The molecule has 1 heterocycles. The predicted octanol–water partition coefficient (Wildman–Crippen LogP) is 2.29. The lowest BCUT2D eigenvalue weighted by Gasteiger charge is -2.38. The molecule has 0 aliphatic carbocycles. The smallest absolute Gasteiger partial charge is 0.317 e. The summed E-state index contributed by atoms with van der Waals surface area (Å²) in [5.41, 5.74) is 1.14. The number of likely N-dealkylation sites (tertiary alicyclic amines) is 1. The zero-order valence-electron chi connectivity index (χ0n) is 16.8. The van der Waals surface area contributed by atoms with Gasteiger partial charge in [-0.25, -0.2) is 0 Å². The molecule has 0 aromatic heterocycles. The van der Waals surface area contributed by atoms with Gasteiger partial charge in [0.15, 0.2) is 0 Å². The summed E-state index contributed by atoms with van der Waals surface area (Å²) >= 11 is 0. The number of likely N-dealkylation sites (N-methyl/N-ethyl adjacent to an activating group) is 1. The number of benzene rings is 1. The largest absolute Gasteiger partial charge is 0.480 e. The fourth-order valence-corrected chi connectivity index (χ4v) is 3.74. The van der Waals surface area contributed by atoms with Crippen LogP contribution >= 0.6 is 0 Å². The monoisotopic (exact) mass is 375 g/mol. The van der Waals surface area contributed by atoms with Crippen molar-refractivity contribution < 1.29 is 14.7 Å². The van der Waals surface area contributed by atoms with E-state index in [1.54, 1.807) is 0 Å². The third kappa shape index (κ3) is 6.63. The molecule has 0 saturated carbocycles. The summed E-state index contributed by atoms with van der Waals surface area (Å²) in [6, 6.07) is 10.5. The number of aliphatic carboxylic acids is 1. The Hall–Kier alpha value is -1.92. The summed E-state index contributed by atoms with van der Waals surface area (Å²) in [6.45, 7) is 9.69. The molecule has 150 valence electrons. The van der Waals surface area contributed by atoms with Gasteiger partial charge in [-0.1, -0.05) is 37.3 Å². The van der Waals surface area contributed by atoms with E-state index in [0.717, 1.165) is 38.0 Å².